The van der Waals surface area contributed by atoms with Crippen molar-refractivity contribution in [1.82, 2.24) is 0 Å². The largest absolute Gasteiger partial charge is 0.491 e. The summed E-state index contributed by atoms with van der Waals surface area (Å²) >= 11 is 0. The van der Waals surface area contributed by atoms with Crippen molar-refractivity contribution in [3.8, 4) is 5.75 Å². The molecule has 0 radical (unpaired) electrons. The molecule has 0 aromatic heterocycles. The zero-order valence-electron chi connectivity index (χ0n) is 10.8. The SMILES string of the molecule is CC(C)CCCOCCOc1ccc(N)cc1. The topological polar surface area (TPSA) is 44.5 Å². The lowest BCUT2D eigenvalue weighted by Gasteiger charge is -2.08. The first kappa shape index (κ1) is 13.8. The van der Waals surface area contributed by atoms with Crippen LogP contribution in [-0.4, -0.2) is 19.8 Å². The fourth-order valence-electron chi connectivity index (χ4n) is 1.48. The van der Waals surface area contributed by atoms with Crippen LogP contribution >= 0.6 is 0 Å². The lowest BCUT2D eigenvalue weighted by molar-refractivity contribution is 0.0957. The third-order valence-corrected chi connectivity index (χ3v) is 2.45. The Bertz CT molecular complexity index is 296. The van der Waals surface area contributed by atoms with Gasteiger partial charge in [-0.1, -0.05) is 13.8 Å². The Hall–Kier alpha value is -1.22. The molecule has 3 heteroatoms. The van der Waals surface area contributed by atoms with Crippen LogP contribution < -0.4 is 10.5 Å². The molecule has 0 atom stereocenters. The number of anilines is 1. The van der Waals surface area contributed by atoms with Crippen LogP contribution in [0.25, 0.3) is 0 Å². The summed E-state index contributed by atoms with van der Waals surface area (Å²) in [6, 6.07) is 7.40. The minimum atomic E-state index is 0.589. The van der Waals surface area contributed by atoms with E-state index in [4.69, 9.17) is 15.2 Å². The number of hydrogen-bond donors (Lipinski definition) is 1. The molecule has 96 valence electrons. The van der Waals surface area contributed by atoms with E-state index in [0.717, 1.165) is 30.4 Å². The molecular weight excluding hydrogens is 214 g/mol. The van der Waals surface area contributed by atoms with Gasteiger partial charge in [-0.3, -0.25) is 0 Å². The van der Waals surface area contributed by atoms with Crippen LogP contribution in [0.2, 0.25) is 0 Å². The van der Waals surface area contributed by atoms with Gasteiger partial charge in [0.15, 0.2) is 0 Å². The normalized spacial score (nSPS) is 10.8. The molecule has 0 aliphatic rings. The van der Waals surface area contributed by atoms with Crippen LogP contribution in [0.5, 0.6) is 5.75 Å². The van der Waals surface area contributed by atoms with Gasteiger partial charge in [0.05, 0.1) is 6.61 Å². The van der Waals surface area contributed by atoms with E-state index >= 15 is 0 Å². The van der Waals surface area contributed by atoms with Gasteiger partial charge in [0.25, 0.3) is 0 Å². The number of rotatable bonds is 8. The maximum absolute atomic E-state index is 5.58. The number of hydrogen-bond acceptors (Lipinski definition) is 3. The predicted molar refractivity (Wildman–Crippen MR) is 71.2 cm³/mol. The average molecular weight is 237 g/mol. The van der Waals surface area contributed by atoms with E-state index in [1.165, 1.54) is 6.42 Å². The number of nitrogens with two attached hydrogens (primary N) is 1. The van der Waals surface area contributed by atoms with Gasteiger partial charge >= 0.3 is 0 Å². The highest BCUT2D eigenvalue weighted by Crippen LogP contribution is 2.12. The standard InChI is InChI=1S/C14H23NO2/c1-12(2)4-3-9-16-10-11-17-14-7-5-13(15)6-8-14/h5-8,12H,3-4,9-11,15H2,1-2H3. The summed E-state index contributed by atoms with van der Waals surface area (Å²) in [4.78, 5) is 0. The van der Waals surface area contributed by atoms with Crippen LogP contribution in [0.4, 0.5) is 5.69 Å². The van der Waals surface area contributed by atoms with Gasteiger partial charge in [0.2, 0.25) is 0 Å². The molecule has 17 heavy (non-hydrogen) atoms. The summed E-state index contributed by atoms with van der Waals surface area (Å²) in [7, 11) is 0. The Kier molecular flexibility index (Phi) is 6.48. The molecule has 1 aromatic carbocycles. The maximum atomic E-state index is 5.58. The lowest BCUT2D eigenvalue weighted by Crippen LogP contribution is -2.08. The molecule has 0 spiro atoms. The molecule has 0 heterocycles. The van der Waals surface area contributed by atoms with E-state index in [1.807, 2.05) is 24.3 Å². The van der Waals surface area contributed by atoms with E-state index < -0.39 is 0 Å². The van der Waals surface area contributed by atoms with Crippen molar-refractivity contribution in [3.05, 3.63) is 24.3 Å². The van der Waals surface area contributed by atoms with E-state index in [9.17, 15) is 0 Å². The maximum Gasteiger partial charge on any atom is 0.119 e. The molecule has 0 saturated heterocycles. The van der Waals surface area contributed by atoms with E-state index in [1.54, 1.807) is 0 Å². The molecule has 0 unspecified atom stereocenters. The van der Waals surface area contributed by atoms with Gasteiger partial charge < -0.3 is 15.2 Å². The molecule has 0 aliphatic heterocycles. The lowest BCUT2D eigenvalue weighted by atomic mass is 10.1. The van der Waals surface area contributed by atoms with Gasteiger partial charge in [0.1, 0.15) is 12.4 Å². The second-order valence-corrected chi connectivity index (χ2v) is 4.57. The van der Waals surface area contributed by atoms with Crippen LogP contribution in [0.15, 0.2) is 24.3 Å². The van der Waals surface area contributed by atoms with Gasteiger partial charge in [-0.15, -0.1) is 0 Å². The molecular formula is C14H23NO2. The van der Waals surface area contributed by atoms with Crippen molar-refractivity contribution in [1.29, 1.82) is 0 Å². The summed E-state index contributed by atoms with van der Waals surface area (Å²) in [6.07, 6.45) is 2.35. The quantitative estimate of drug-likeness (QED) is 0.558. The second-order valence-electron chi connectivity index (χ2n) is 4.57. The Balaban J connectivity index is 1.99. The predicted octanol–water partition coefficient (Wildman–Crippen LogP) is 3.10. The van der Waals surface area contributed by atoms with Crippen molar-refractivity contribution >= 4 is 5.69 Å². The molecule has 2 N–H and O–H groups in total. The van der Waals surface area contributed by atoms with Crippen molar-refractivity contribution in [2.24, 2.45) is 5.92 Å². The molecule has 1 aromatic rings. The van der Waals surface area contributed by atoms with Gasteiger partial charge in [-0.05, 0) is 43.0 Å². The van der Waals surface area contributed by atoms with Crippen LogP contribution in [0, 0.1) is 5.92 Å². The molecule has 0 amide bonds. The Morgan fingerprint density at radius 3 is 2.41 bits per heavy atom. The number of ether oxygens (including phenoxy) is 2. The molecule has 3 nitrogen and oxygen atoms in total. The summed E-state index contributed by atoms with van der Waals surface area (Å²) in [6.45, 7) is 6.51. The van der Waals surface area contributed by atoms with E-state index in [0.29, 0.717) is 13.2 Å². The zero-order chi connectivity index (χ0) is 12.5. The highest BCUT2D eigenvalue weighted by Gasteiger charge is 1.95. The smallest absolute Gasteiger partial charge is 0.119 e. The van der Waals surface area contributed by atoms with Crippen molar-refractivity contribution in [2.45, 2.75) is 26.7 Å². The Labute approximate surface area is 104 Å². The minimum absolute atomic E-state index is 0.589. The number of nitrogen functional groups attached to an aromatic ring is 1. The van der Waals surface area contributed by atoms with E-state index in [2.05, 4.69) is 13.8 Å². The fourth-order valence-corrected chi connectivity index (χ4v) is 1.48. The monoisotopic (exact) mass is 237 g/mol. The third-order valence-electron chi connectivity index (χ3n) is 2.45. The number of benzene rings is 1. The van der Waals surface area contributed by atoms with Gasteiger partial charge in [-0.2, -0.15) is 0 Å². The first-order valence-electron chi connectivity index (χ1n) is 6.24. The van der Waals surface area contributed by atoms with Crippen LogP contribution in [0.1, 0.15) is 26.7 Å². The molecule has 0 aliphatic carbocycles. The Morgan fingerprint density at radius 1 is 1.06 bits per heavy atom. The van der Waals surface area contributed by atoms with E-state index in [-0.39, 0.29) is 0 Å². The summed E-state index contributed by atoms with van der Waals surface area (Å²) in [5.74, 6) is 1.59. The summed E-state index contributed by atoms with van der Waals surface area (Å²) < 4.78 is 11.0. The van der Waals surface area contributed by atoms with Crippen LogP contribution in [-0.2, 0) is 4.74 Å². The molecule has 0 bridgehead atoms. The summed E-state index contributed by atoms with van der Waals surface area (Å²) in [5, 5.41) is 0. The van der Waals surface area contributed by atoms with Gasteiger partial charge in [0, 0.05) is 12.3 Å². The van der Waals surface area contributed by atoms with Crippen molar-refractivity contribution < 1.29 is 9.47 Å². The zero-order valence-corrected chi connectivity index (χ0v) is 10.8. The molecule has 1 rings (SSSR count). The van der Waals surface area contributed by atoms with Crippen LogP contribution in [0.3, 0.4) is 0 Å². The molecule has 0 saturated carbocycles. The fraction of sp³-hybridized carbons (Fsp3) is 0.571. The highest BCUT2D eigenvalue weighted by molar-refractivity contribution is 5.41. The average Bonchev–Trinajstić information content (AvgIpc) is 2.30. The highest BCUT2D eigenvalue weighted by atomic mass is 16.5. The van der Waals surface area contributed by atoms with Gasteiger partial charge in [-0.25, -0.2) is 0 Å². The Morgan fingerprint density at radius 2 is 1.76 bits per heavy atom. The summed E-state index contributed by atoms with van der Waals surface area (Å²) in [5.41, 5.74) is 6.33. The first-order valence-corrected chi connectivity index (χ1v) is 6.24. The molecule has 0 fully saturated rings. The van der Waals surface area contributed by atoms with Crippen molar-refractivity contribution in [3.63, 3.8) is 0 Å². The minimum Gasteiger partial charge on any atom is -0.491 e. The third kappa shape index (κ3) is 6.84. The first-order chi connectivity index (χ1) is 8.18. The second kappa shape index (κ2) is 7.96. The van der Waals surface area contributed by atoms with Crippen molar-refractivity contribution in [2.75, 3.05) is 25.6 Å².